The number of hydrogen-bond acceptors (Lipinski definition) is 5. The lowest BCUT2D eigenvalue weighted by Crippen LogP contribution is -2.40. The fourth-order valence-electron chi connectivity index (χ4n) is 5.08. The van der Waals surface area contributed by atoms with Crippen molar-refractivity contribution in [2.75, 3.05) is 20.2 Å². The van der Waals surface area contributed by atoms with Gasteiger partial charge in [0.05, 0.1) is 7.11 Å². The molecule has 2 aromatic carbocycles. The highest BCUT2D eigenvalue weighted by atomic mass is 16.5. The number of aryl methyl sites for hydroxylation is 1. The first-order valence-electron chi connectivity index (χ1n) is 12.8. The summed E-state index contributed by atoms with van der Waals surface area (Å²) in [5.74, 6) is 1.32. The molecule has 0 spiro atoms. The number of fused-ring (bicyclic) bond motifs is 1. The second-order valence-corrected chi connectivity index (χ2v) is 10.2. The van der Waals surface area contributed by atoms with Crippen molar-refractivity contribution >= 4 is 22.7 Å². The maximum Gasteiger partial charge on any atom is 0.339 e. The molecule has 3 aromatic rings. The monoisotopic (exact) mass is 489 g/mol. The lowest BCUT2D eigenvalue weighted by atomic mass is 9.88. The molecule has 2 heterocycles. The average molecular weight is 490 g/mol. The van der Waals surface area contributed by atoms with Crippen molar-refractivity contribution in [2.24, 2.45) is 11.8 Å². The molecule has 6 heteroatoms. The highest BCUT2D eigenvalue weighted by Crippen LogP contribution is 2.26. The minimum Gasteiger partial charge on any atom is -0.497 e. The van der Waals surface area contributed by atoms with Crippen LogP contribution in [-0.4, -0.2) is 36.8 Å². The van der Waals surface area contributed by atoms with Crippen LogP contribution in [0, 0.1) is 18.8 Å². The smallest absolute Gasteiger partial charge is 0.339 e. The van der Waals surface area contributed by atoms with Crippen LogP contribution >= 0.6 is 0 Å². The SMILES string of the molecule is COc1ccc2c(C)c(CCC(=O)N3CCC(C(=O)c4ccc(CC(C)C)cc4)CC3)c(=O)oc2c1. The summed E-state index contributed by atoms with van der Waals surface area (Å²) in [7, 11) is 1.57. The van der Waals surface area contributed by atoms with Crippen molar-refractivity contribution in [3.05, 3.63) is 75.1 Å². The second kappa shape index (κ2) is 11.1. The summed E-state index contributed by atoms with van der Waals surface area (Å²) in [6.45, 7) is 7.38. The highest BCUT2D eigenvalue weighted by molar-refractivity contribution is 5.98. The summed E-state index contributed by atoms with van der Waals surface area (Å²) in [6.07, 6.45) is 2.90. The molecule has 1 fully saturated rings. The molecule has 4 rings (SSSR count). The van der Waals surface area contributed by atoms with Gasteiger partial charge in [0.15, 0.2) is 5.78 Å². The summed E-state index contributed by atoms with van der Waals surface area (Å²) < 4.78 is 10.7. The molecule has 0 atom stereocenters. The van der Waals surface area contributed by atoms with E-state index in [1.807, 2.05) is 48.2 Å². The number of benzene rings is 2. The maximum atomic E-state index is 13.0. The summed E-state index contributed by atoms with van der Waals surface area (Å²) in [5, 5.41) is 0.842. The van der Waals surface area contributed by atoms with Gasteiger partial charge in [0.2, 0.25) is 5.91 Å². The van der Waals surface area contributed by atoms with Crippen LogP contribution in [0.25, 0.3) is 11.0 Å². The molecule has 0 saturated carbocycles. The normalized spacial score (nSPS) is 14.4. The molecule has 0 N–H and O–H groups in total. The number of nitrogens with zero attached hydrogens (tertiary/aromatic N) is 1. The quantitative estimate of drug-likeness (QED) is 0.314. The van der Waals surface area contributed by atoms with E-state index in [2.05, 4.69) is 13.8 Å². The van der Waals surface area contributed by atoms with Crippen molar-refractivity contribution in [3.63, 3.8) is 0 Å². The first-order valence-corrected chi connectivity index (χ1v) is 12.8. The van der Waals surface area contributed by atoms with Gasteiger partial charge in [-0.05, 0) is 61.8 Å². The molecule has 1 aliphatic heterocycles. The predicted octanol–water partition coefficient (Wildman–Crippen LogP) is 5.36. The third-order valence-electron chi connectivity index (χ3n) is 7.18. The van der Waals surface area contributed by atoms with Gasteiger partial charge in [-0.2, -0.15) is 0 Å². The predicted molar refractivity (Wildman–Crippen MR) is 141 cm³/mol. The minimum absolute atomic E-state index is 0.00700. The number of methoxy groups -OCH3 is 1. The van der Waals surface area contributed by atoms with E-state index in [-0.39, 0.29) is 24.0 Å². The topological polar surface area (TPSA) is 76.8 Å². The fourth-order valence-corrected chi connectivity index (χ4v) is 5.08. The number of Topliss-reactive ketones (excluding diaryl/α,β-unsaturated/α-hetero) is 1. The van der Waals surface area contributed by atoms with E-state index in [1.165, 1.54) is 5.56 Å². The molecule has 36 heavy (non-hydrogen) atoms. The Labute approximate surface area is 212 Å². The minimum atomic E-state index is -0.412. The van der Waals surface area contributed by atoms with Gasteiger partial charge in [-0.1, -0.05) is 38.1 Å². The lowest BCUT2D eigenvalue weighted by molar-refractivity contribution is -0.132. The van der Waals surface area contributed by atoms with Gasteiger partial charge < -0.3 is 14.1 Å². The van der Waals surface area contributed by atoms with Crippen molar-refractivity contribution in [1.82, 2.24) is 4.90 Å². The molecule has 0 aliphatic carbocycles. The van der Waals surface area contributed by atoms with Crippen LogP contribution < -0.4 is 10.4 Å². The molecular weight excluding hydrogens is 454 g/mol. The Morgan fingerprint density at radius 1 is 1.08 bits per heavy atom. The van der Waals surface area contributed by atoms with E-state index < -0.39 is 5.63 Å². The molecule has 0 unspecified atom stereocenters. The van der Waals surface area contributed by atoms with Gasteiger partial charge in [0.25, 0.3) is 0 Å². The van der Waals surface area contributed by atoms with Gasteiger partial charge in [-0.25, -0.2) is 4.79 Å². The number of piperidine rings is 1. The summed E-state index contributed by atoms with van der Waals surface area (Å²) in [6, 6.07) is 13.4. The van der Waals surface area contributed by atoms with Gasteiger partial charge >= 0.3 is 5.63 Å². The molecule has 1 aromatic heterocycles. The zero-order chi connectivity index (χ0) is 25.8. The molecule has 1 aliphatic rings. The van der Waals surface area contributed by atoms with Crippen LogP contribution in [0.2, 0.25) is 0 Å². The second-order valence-electron chi connectivity index (χ2n) is 10.2. The molecular formula is C30H35NO5. The Kier molecular flexibility index (Phi) is 7.92. The van der Waals surface area contributed by atoms with Crippen LogP contribution in [0.1, 0.15) is 60.2 Å². The largest absolute Gasteiger partial charge is 0.497 e. The van der Waals surface area contributed by atoms with E-state index in [0.717, 1.165) is 22.9 Å². The third kappa shape index (κ3) is 5.69. The Balaban J connectivity index is 1.33. The number of hydrogen-bond donors (Lipinski definition) is 0. The van der Waals surface area contributed by atoms with Crippen molar-refractivity contribution < 1.29 is 18.7 Å². The Bertz CT molecular complexity index is 1300. The van der Waals surface area contributed by atoms with Gasteiger partial charge in [0, 0.05) is 48.0 Å². The first-order chi connectivity index (χ1) is 17.3. The van der Waals surface area contributed by atoms with Crippen LogP contribution in [-0.2, 0) is 17.6 Å². The van der Waals surface area contributed by atoms with Crippen molar-refractivity contribution in [2.45, 2.75) is 52.9 Å². The van der Waals surface area contributed by atoms with Crippen molar-refractivity contribution in [3.8, 4) is 5.75 Å². The number of ether oxygens (including phenoxy) is 1. The zero-order valence-corrected chi connectivity index (χ0v) is 21.6. The lowest BCUT2D eigenvalue weighted by Gasteiger charge is -2.31. The summed E-state index contributed by atoms with van der Waals surface area (Å²) in [4.78, 5) is 40.3. The van der Waals surface area contributed by atoms with E-state index in [1.54, 1.807) is 13.2 Å². The molecule has 0 bridgehead atoms. The highest BCUT2D eigenvalue weighted by Gasteiger charge is 2.28. The number of rotatable bonds is 8. The molecule has 1 amide bonds. The van der Waals surface area contributed by atoms with Crippen LogP contribution in [0.15, 0.2) is 51.7 Å². The van der Waals surface area contributed by atoms with E-state index >= 15 is 0 Å². The van der Waals surface area contributed by atoms with E-state index in [4.69, 9.17) is 9.15 Å². The Morgan fingerprint density at radius 3 is 2.42 bits per heavy atom. The van der Waals surface area contributed by atoms with Crippen molar-refractivity contribution in [1.29, 1.82) is 0 Å². The van der Waals surface area contributed by atoms with Crippen LogP contribution in [0.5, 0.6) is 5.75 Å². The van der Waals surface area contributed by atoms with Gasteiger partial charge in [0.1, 0.15) is 11.3 Å². The zero-order valence-electron chi connectivity index (χ0n) is 21.6. The molecule has 190 valence electrons. The average Bonchev–Trinajstić information content (AvgIpc) is 2.87. The number of ketones is 1. The standard InChI is InChI=1S/C30H35NO5/c1-19(2)17-21-5-7-22(8-6-21)29(33)23-13-15-31(16-14-23)28(32)12-11-26-20(3)25-10-9-24(35-4)18-27(25)36-30(26)34/h5-10,18-19,23H,11-17H2,1-4H3. The first kappa shape index (κ1) is 25.7. The van der Waals surface area contributed by atoms with Crippen LogP contribution in [0.3, 0.4) is 0 Å². The Hall–Kier alpha value is -3.41. The molecule has 1 saturated heterocycles. The number of likely N-dealkylation sites (tertiary alicyclic amines) is 1. The number of carbonyl (C=O) groups excluding carboxylic acids is 2. The fraction of sp³-hybridized carbons (Fsp3) is 0.433. The number of carbonyl (C=O) groups is 2. The van der Waals surface area contributed by atoms with Gasteiger partial charge in [-0.3, -0.25) is 9.59 Å². The summed E-state index contributed by atoms with van der Waals surface area (Å²) in [5.41, 5.74) is 3.44. The molecule has 6 nitrogen and oxygen atoms in total. The third-order valence-corrected chi connectivity index (χ3v) is 7.18. The van der Waals surface area contributed by atoms with E-state index in [0.29, 0.717) is 55.2 Å². The van der Waals surface area contributed by atoms with E-state index in [9.17, 15) is 14.4 Å². The summed E-state index contributed by atoms with van der Waals surface area (Å²) >= 11 is 0. The number of amides is 1. The maximum absolute atomic E-state index is 13.0. The Morgan fingerprint density at radius 2 is 1.78 bits per heavy atom. The van der Waals surface area contributed by atoms with Crippen LogP contribution in [0.4, 0.5) is 0 Å². The molecule has 0 radical (unpaired) electrons. The van der Waals surface area contributed by atoms with Gasteiger partial charge in [-0.15, -0.1) is 0 Å².